The zero-order valence-electron chi connectivity index (χ0n) is 14.8. The van der Waals surface area contributed by atoms with Gasteiger partial charge in [0.1, 0.15) is 5.75 Å². The summed E-state index contributed by atoms with van der Waals surface area (Å²) < 4.78 is 0. The van der Waals surface area contributed by atoms with E-state index < -0.39 is 0 Å². The van der Waals surface area contributed by atoms with Gasteiger partial charge >= 0.3 is 0 Å². The number of amides is 2. The van der Waals surface area contributed by atoms with E-state index in [0.29, 0.717) is 24.7 Å². The van der Waals surface area contributed by atoms with Crippen LogP contribution in [0.4, 0.5) is 5.69 Å². The first-order valence-electron chi connectivity index (χ1n) is 8.73. The quantitative estimate of drug-likeness (QED) is 0.760. The first-order chi connectivity index (χ1) is 11.8. The summed E-state index contributed by atoms with van der Waals surface area (Å²) in [6.45, 7) is 5.73. The van der Waals surface area contributed by atoms with E-state index in [4.69, 9.17) is 0 Å². The summed E-state index contributed by atoms with van der Waals surface area (Å²) in [5.41, 5.74) is 0.519. The molecule has 2 atom stereocenters. The normalized spacial score (nSPS) is 26.7. The molecule has 1 saturated heterocycles. The van der Waals surface area contributed by atoms with E-state index >= 15 is 0 Å². The molecule has 1 aromatic rings. The van der Waals surface area contributed by atoms with Crippen LogP contribution in [0.2, 0.25) is 0 Å². The highest BCUT2D eigenvalue weighted by Crippen LogP contribution is 2.62. The Morgan fingerprint density at radius 2 is 2.08 bits per heavy atom. The molecule has 0 spiro atoms. The highest BCUT2D eigenvalue weighted by atomic mass is 16.3. The number of nitrogens with zero attached hydrogens (tertiary/aromatic N) is 1. The summed E-state index contributed by atoms with van der Waals surface area (Å²) in [5, 5.41) is 21.8. The van der Waals surface area contributed by atoms with Gasteiger partial charge in [-0.3, -0.25) is 9.59 Å². The number of aromatic hydroxyl groups is 1. The zero-order chi connectivity index (χ0) is 18.2. The second kappa shape index (κ2) is 6.33. The summed E-state index contributed by atoms with van der Waals surface area (Å²) in [6, 6.07) is 6.32. The molecular formula is C19H26N2O4. The van der Waals surface area contributed by atoms with Crippen LogP contribution < -0.4 is 5.32 Å². The third-order valence-corrected chi connectivity index (χ3v) is 5.76. The molecule has 2 fully saturated rings. The molecule has 2 amide bonds. The number of aliphatic hydroxyl groups excluding tert-OH is 1. The number of aliphatic hydroxyl groups is 1. The van der Waals surface area contributed by atoms with Crippen LogP contribution in [0.3, 0.4) is 0 Å². The third kappa shape index (κ3) is 3.35. The first-order valence-corrected chi connectivity index (χ1v) is 8.73. The number of hydrogen-bond donors (Lipinski definition) is 3. The molecule has 1 saturated carbocycles. The van der Waals surface area contributed by atoms with Crippen molar-refractivity contribution < 1.29 is 19.8 Å². The van der Waals surface area contributed by atoms with Crippen molar-refractivity contribution in [3.63, 3.8) is 0 Å². The molecule has 0 radical (unpaired) electrons. The molecule has 0 aromatic heterocycles. The van der Waals surface area contributed by atoms with E-state index in [1.807, 2.05) is 0 Å². The van der Waals surface area contributed by atoms with Crippen LogP contribution in [0.15, 0.2) is 24.3 Å². The Balaban J connectivity index is 1.51. The molecule has 0 bridgehead atoms. The molecular weight excluding hydrogens is 320 g/mol. The minimum atomic E-state index is -0.252. The molecule has 1 heterocycles. The lowest BCUT2D eigenvalue weighted by Crippen LogP contribution is -2.54. The summed E-state index contributed by atoms with van der Waals surface area (Å²) in [7, 11) is 0. The van der Waals surface area contributed by atoms with Crippen molar-refractivity contribution in [3.05, 3.63) is 24.3 Å². The number of phenolic OH excluding ortho intramolecular Hbond substituents is 1. The van der Waals surface area contributed by atoms with Crippen molar-refractivity contribution in [2.75, 3.05) is 25.0 Å². The number of phenols is 1. The Hall–Kier alpha value is -2.08. The van der Waals surface area contributed by atoms with Crippen molar-refractivity contribution in [1.29, 1.82) is 0 Å². The SMILES string of the molecule is CC1(C)C[C@]2(CO)CN(C(=O)CCC(=O)Nc3cccc(O)c3)C[C@H]12. The van der Waals surface area contributed by atoms with Crippen LogP contribution in [-0.4, -0.2) is 46.6 Å². The van der Waals surface area contributed by atoms with Crippen molar-refractivity contribution >= 4 is 17.5 Å². The lowest BCUT2D eigenvalue weighted by atomic mass is 9.48. The van der Waals surface area contributed by atoms with E-state index in [0.717, 1.165) is 6.42 Å². The topological polar surface area (TPSA) is 89.9 Å². The molecule has 6 heteroatoms. The van der Waals surface area contributed by atoms with Crippen LogP contribution in [0.25, 0.3) is 0 Å². The number of hydrogen-bond acceptors (Lipinski definition) is 4. The van der Waals surface area contributed by atoms with Crippen LogP contribution in [0.5, 0.6) is 5.75 Å². The molecule has 3 rings (SSSR count). The summed E-state index contributed by atoms with van der Waals surface area (Å²) in [6.07, 6.45) is 1.19. The number of carbonyl (C=O) groups excluding carboxylic acids is 2. The van der Waals surface area contributed by atoms with Gasteiger partial charge in [-0.15, -0.1) is 0 Å². The van der Waals surface area contributed by atoms with Gasteiger partial charge in [0.25, 0.3) is 0 Å². The summed E-state index contributed by atoms with van der Waals surface area (Å²) in [5.74, 6) is 0.121. The Morgan fingerprint density at radius 1 is 1.32 bits per heavy atom. The number of benzene rings is 1. The predicted molar refractivity (Wildman–Crippen MR) is 94.0 cm³/mol. The summed E-state index contributed by atoms with van der Waals surface area (Å²) >= 11 is 0. The molecule has 6 nitrogen and oxygen atoms in total. The molecule has 3 N–H and O–H groups in total. The van der Waals surface area contributed by atoms with Gasteiger partial charge in [-0.05, 0) is 29.9 Å². The smallest absolute Gasteiger partial charge is 0.224 e. The van der Waals surface area contributed by atoms with Crippen molar-refractivity contribution in [3.8, 4) is 5.75 Å². The Morgan fingerprint density at radius 3 is 2.68 bits per heavy atom. The van der Waals surface area contributed by atoms with Gasteiger partial charge in [0.2, 0.25) is 11.8 Å². The number of rotatable bonds is 5. The number of fused-ring (bicyclic) bond motifs is 1. The average Bonchev–Trinajstić information content (AvgIpc) is 2.88. The maximum absolute atomic E-state index is 12.5. The number of anilines is 1. The monoisotopic (exact) mass is 346 g/mol. The van der Waals surface area contributed by atoms with Crippen LogP contribution in [0.1, 0.15) is 33.1 Å². The maximum Gasteiger partial charge on any atom is 0.224 e. The van der Waals surface area contributed by atoms with Crippen LogP contribution in [-0.2, 0) is 9.59 Å². The number of nitrogens with one attached hydrogen (secondary N) is 1. The second-order valence-corrected chi connectivity index (χ2v) is 8.11. The molecule has 136 valence electrons. The van der Waals surface area contributed by atoms with Gasteiger partial charge in [0.15, 0.2) is 0 Å². The standard InChI is InChI=1S/C19H26N2O4/c1-18(2)10-19(12-22)11-21(9-15(18)19)17(25)7-6-16(24)20-13-4-3-5-14(23)8-13/h3-5,8,15,22-23H,6-7,9-12H2,1-2H3,(H,20,24)/t15-,19-/m1/s1. The molecule has 1 aromatic carbocycles. The number of carbonyl (C=O) groups is 2. The zero-order valence-corrected chi connectivity index (χ0v) is 14.8. The largest absolute Gasteiger partial charge is 0.508 e. The number of likely N-dealkylation sites (tertiary alicyclic amines) is 1. The van der Waals surface area contributed by atoms with E-state index in [-0.39, 0.29) is 47.8 Å². The van der Waals surface area contributed by atoms with Gasteiger partial charge in [-0.1, -0.05) is 19.9 Å². The fraction of sp³-hybridized carbons (Fsp3) is 0.579. The predicted octanol–water partition coefficient (Wildman–Crippen LogP) is 1.98. The maximum atomic E-state index is 12.5. The third-order valence-electron chi connectivity index (χ3n) is 5.76. The van der Waals surface area contributed by atoms with E-state index in [2.05, 4.69) is 19.2 Å². The highest BCUT2D eigenvalue weighted by molar-refractivity contribution is 5.93. The van der Waals surface area contributed by atoms with Gasteiger partial charge < -0.3 is 20.4 Å². The molecule has 25 heavy (non-hydrogen) atoms. The van der Waals surface area contributed by atoms with Gasteiger partial charge in [0, 0.05) is 43.1 Å². The Labute approximate surface area is 147 Å². The summed E-state index contributed by atoms with van der Waals surface area (Å²) in [4.78, 5) is 26.3. The molecule has 2 aliphatic rings. The van der Waals surface area contributed by atoms with Crippen molar-refractivity contribution in [2.45, 2.75) is 33.1 Å². The van der Waals surface area contributed by atoms with Crippen molar-refractivity contribution in [2.24, 2.45) is 16.7 Å². The second-order valence-electron chi connectivity index (χ2n) is 8.11. The Bertz CT molecular complexity index is 688. The van der Waals surface area contributed by atoms with Gasteiger partial charge in [0.05, 0.1) is 6.61 Å². The van der Waals surface area contributed by atoms with Crippen molar-refractivity contribution in [1.82, 2.24) is 4.90 Å². The Kier molecular flexibility index (Phi) is 4.49. The van der Waals surface area contributed by atoms with E-state index in [9.17, 15) is 19.8 Å². The molecule has 1 aliphatic heterocycles. The minimum Gasteiger partial charge on any atom is -0.508 e. The highest BCUT2D eigenvalue weighted by Gasteiger charge is 2.62. The van der Waals surface area contributed by atoms with E-state index in [1.165, 1.54) is 12.1 Å². The minimum absolute atomic E-state index is 0.0379. The van der Waals surface area contributed by atoms with E-state index in [1.54, 1.807) is 17.0 Å². The lowest BCUT2D eigenvalue weighted by molar-refractivity contribution is -0.132. The first kappa shape index (κ1) is 17.7. The van der Waals surface area contributed by atoms with Gasteiger partial charge in [-0.2, -0.15) is 0 Å². The van der Waals surface area contributed by atoms with Crippen LogP contribution >= 0.6 is 0 Å². The fourth-order valence-corrected chi connectivity index (χ4v) is 4.72. The van der Waals surface area contributed by atoms with Gasteiger partial charge in [-0.25, -0.2) is 0 Å². The molecule has 1 aliphatic carbocycles. The average molecular weight is 346 g/mol. The molecule has 0 unspecified atom stereocenters. The van der Waals surface area contributed by atoms with Crippen LogP contribution in [0, 0.1) is 16.7 Å². The fourth-order valence-electron chi connectivity index (χ4n) is 4.72. The lowest BCUT2D eigenvalue weighted by Gasteiger charge is -2.55.